The van der Waals surface area contributed by atoms with Crippen LogP contribution in [0.2, 0.25) is 10.0 Å². The second kappa shape index (κ2) is 12.3. The lowest BCUT2D eigenvalue weighted by Crippen LogP contribution is -2.41. The molecule has 12 heteroatoms. The highest BCUT2D eigenvalue weighted by Crippen LogP contribution is 2.28. The highest BCUT2D eigenvalue weighted by atomic mass is 35.5. The molecule has 1 fully saturated rings. The van der Waals surface area contributed by atoms with Crippen molar-refractivity contribution >= 4 is 34.9 Å². The zero-order valence-electron chi connectivity index (χ0n) is 19.3. The lowest BCUT2D eigenvalue weighted by molar-refractivity contribution is 0.0383. The first-order valence-electron chi connectivity index (χ1n) is 11.3. The molecule has 1 amide bonds. The summed E-state index contributed by atoms with van der Waals surface area (Å²) < 4.78 is 24.8. The monoisotopic (exact) mass is 534 g/mol. The largest absolute Gasteiger partial charge is 0.475 e. The highest BCUT2D eigenvalue weighted by Gasteiger charge is 2.15. The van der Waals surface area contributed by atoms with E-state index in [4.69, 9.17) is 38.4 Å². The first kappa shape index (κ1) is 26.0. The van der Waals surface area contributed by atoms with Gasteiger partial charge in [-0.3, -0.25) is 14.7 Å². The van der Waals surface area contributed by atoms with E-state index in [1.54, 1.807) is 12.3 Å². The number of rotatable bonds is 9. The number of aromatic nitrogens is 3. The van der Waals surface area contributed by atoms with Crippen molar-refractivity contribution in [3.63, 3.8) is 0 Å². The third-order valence-electron chi connectivity index (χ3n) is 5.61. The summed E-state index contributed by atoms with van der Waals surface area (Å²) in [5.74, 6) is -0.618. The van der Waals surface area contributed by atoms with Crippen molar-refractivity contribution in [2.75, 3.05) is 51.7 Å². The van der Waals surface area contributed by atoms with Crippen molar-refractivity contribution < 1.29 is 18.7 Å². The summed E-state index contributed by atoms with van der Waals surface area (Å²) in [6.07, 6.45) is 4.77. The topological polar surface area (TPSA) is 115 Å². The molecule has 0 radical (unpaired) electrons. The van der Waals surface area contributed by atoms with E-state index < -0.39 is 5.82 Å². The fraction of sp³-hybridized carbons (Fsp3) is 0.333. The number of benzene rings is 1. The molecule has 3 heterocycles. The molecule has 3 aromatic rings. The maximum atomic E-state index is 13.7. The van der Waals surface area contributed by atoms with Gasteiger partial charge in [0.1, 0.15) is 5.82 Å². The Kier molecular flexibility index (Phi) is 8.87. The van der Waals surface area contributed by atoms with Crippen molar-refractivity contribution in [1.29, 1.82) is 0 Å². The third-order valence-corrected chi connectivity index (χ3v) is 6.37. The molecule has 4 rings (SSSR count). The van der Waals surface area contributed by atoms with Gasteiger partial charge in [0.15, 0.2) is 5.82 Å². The number of morpholine rings is 1. The number of anilines is 1. The normalized spacial score (nSPS) is 14.0. The second-order valence-electron chi connectivity index (χ2n) is 8.04. The van der Waals surface area contributed by atoms with Crippen LogP contribution in [0.25, 0.3) is 11.3 Å². The van der Waals surface area contributed by atoms with E-state index in [0.717, 1.165) is 19.6 Å². The summed E-state index contributed by atoms with van der Waals surface area (Å²) >= 11 is 12.1. The van der Waals surface area contributed by atoms with E-state index in [0.29, 0.717) is 47.2 Å². The van der Waals surface area contributed by atoms with Crippen molar-refractivity contribution in [3.05, 3.63) is 63.8 Å². The van der Waals surface area contributed by atoms with Crippen molar-refractivity contribution in [1.82, 2.24) is 25.2 Å². The molecule has 1 aromatic carbocycles. The van der Waals surface area contributed by atoms with Crippen LogP contribution in [0.1, 0.15) is 15.9 Å². The minimum atomic E-state index is -0.560. The van der Waals surface area contributed by atoms with E-state index in [2.05, 4.69) is 25.2 Å². The molecule has 0 bridgehead atoms. The van der Waals surface area contributed by atoms with Gasteiger partial charge < -0.3 is 20.5 Å². The van der Waals surface area contributed by atoms with Crippen molar-refractivity contribution in [2.45, 2.75) is 6.42 Å². The van der Waals surface area contributed by atoms with Crippen LogP contribution >= 0.6 is 23.2 Å². The van der Waals surface area contributed by atoms with Crippen LogP contribution in [0.3, 0.4) is 0 Å². The molecule has 3 N–H and O–H groups in total. The molecule has 0 saturated carbocycles. The third kappa shape index (κ3) is 6.58. The molecule has 9 nitrogen and oxygen atoms in total. The number of amides is 1. The molecule has 190 valence electrons. The molecular formula is C24H25Cl2FN6O3. The first-order chi connectivity index (χ1) is 17.4. The smallest absolute Gasteiger partial charge is 0.257 e. The lowest BCUT2D eigenvalue weighted by atomic mass is 10.1. The lowest BCUT2D eigenvalue weighted by Gasteiger charge is -2.26. The SMILES string of the molecule is Nc1ncc(-c2cncc(C(=O)NCCN3CCOCC3)c2)nc1OCCc1c(Cl)ccc(F)c1Cl. The number of hydrogen-bond donors (Lipinski definition) is 2. The van der Waals surface area contributed by atoms with Gasteiger partial charge in [0, 0.05) is 55.6 Å². The number of nitrogen functional groups attached to an aromatic ring is 1. The molecule has 0 unspecified atom stereocenters. The fourth-order valence-electron chi connectivity index (χ4n) is 3.63. The zero-order valence-corrected chi connectivity index (χ0v) is 20.9. The Labute approximate surface area is 217 Å². The number of nitrogens with zero attached hydrogens (tertiary/aromatic N) is 4. The van der Waals surface area contributed by atoms with Gasteiger partial charge in [0.25, 0.3) is 11.8 Å². The average Bonchev–Trinajstić information content (AvgIpc) is 2.90. The number of nitrogens with one attached hydrogen (secondary N) is 1. The van der Waals surface area contributed by atoms with E-state index in [-0.39, 0.29) is 35.7 Å². The van der Waals surface area contributed by atoms with Crippen molar-refractivity contribution in [3.8, 4) is 17.1 Å². The van der Waals surface area contributed by atoms with Crippen LogP contribution < -0.4 is 15.8 Å². The molecular weight excluding hydrogens is 510 g/mol. The van der Waals surface area contributed by atoms with Crippen LogP contribution in [-0.2, 0) is 11.2 Å². The fourth-order valence-corrected chi connectivity index (χ4v) is 4.19. The van der Waals surface area contributed by atoms with Gasteiger partial charge in [0.2, 0.25) is 0 Å². The molecule has 0 atom stereocenters. The number of pyridine rings is 1. The van der Waals surface area contributed by atoms with Crippen molar-refractivity contribution in [2.24, 2.45) is 0 Å². The Morgan fingerprint density at radius 3 is 2.83 bits per heavy atom. The summed E-state index contributed by atoms with van der Waals surface area (Å²) in [6.45, 7) is 4.49. The second-order valence-corrected chi connectivity index (χ2v) is 8.82. The van der Waals surface area contributed by atoms with Gasteiger partial charge in [-0.05, 0) is 23.8 Å². The number of nitrogens with two attached hydrogens (primary N) is 1. The summed E-state index contributed by atoms with van der Waals surface area (Å²) in [5.41, 5.74) is 7.75. The number of halogens is 3. The van der Waals surface area contributed by atoms with Crippen LogP contribution in [0.15, 0.2) is 36.8 Å². The van der Waals surface area contributed by atoms with Gasteiger partial charge in [-0.15, -0.1) is 0 Å². The summed E-state index contributed by atoms with van der Waals surface area (Å²) in [7, 11) is 0. The summed E-state index contributed by atoms with van der Waals surface area (Å²) in [4.78, 5) is 27.6. The van der Waals surface area contributed by atoms with Gasteiger partial charge in [-0.2, -0.15) is 0 Å². The van der Waals surface area contributed by atoms with E-state index in [1.165, 1.54) is 24.5 Å². The molecule has 2 aromatic heterocycles. The first-order valence-corrected chi connectivity index (χ1v) is 12.1. The number of hydrogen-bond acceptors (Lipinski definition) is 8. The molecule has 36 heavy (non-hydrogen) atoms. The average molecular weight is 535 g/mol. The minimum absolute atomic E-state index is 0.0509. The van der Waals surface area contributed by atoms with Gasteiger partial charge in [-0.1, -0.05) is 23.2 Å². The highest BCUT2D eigenvalue weighted by molar-refractivity contribution is 6.36. The summed E-state index contributed by atoms with van der Waals surface area (Å²) in [6, 6.07) is 4.31. The van der Waals surface area contributed by atoms with Crippen LogP contribution in [0.5, 0.6) is 5.88 Å². The van der Waals surface area contributed by atoms with E-state index >= 15 is 0 Å². The molecule has 0 spiro atoms. The summed E-state index contributed by atoms with van der Waals surface area (Å²) in [5, 5.41) is 3.20. The number of carbonyl (C=O) groups is 1. The quantitative estimate of drug-likeness (QED) is 0.402. The maximum Gasteiger partial charge on any atom is 0.257 e. The minimum Gasteiger partial charge on any atom is -0.475 e. The van der Waals surface area contributed by atoms with Gasteiger partial charge in [-0.25, -0.2) is 14.4 Å². The molecule has 1 aliphatic rings. The number of ether oxygens (including phenoxy) is 2. The predicted octanol–water partition coefficient (Wildman–Crippen LogP) is 3.25. The van der Waals surface area contributed by atoms with E-state index in [9.17, 15) is 9.18 Å². The van der Waals surface area contributed by atoms with Crippen LogP contribution in [0.4, 0.5) is 10.2 Å². The van der Waals surface area contributed by atoms with Gasteiger partial charge in [0.05, 0.1) is 42.3 Å². The molecule has 0 aliphatic carbocycles. The Hall–Kier alpha value is -3.05. The van der Waals surface area contributed by atoms with E-state index in [1.807, 2.05) is 0 Å². The maximum absolute atomic E-state index is 13.7. The van der Waals surface area contributed by atoms with Crippen LogP contribution in [-0.4, -0.2) is 71.8 Å². The van der Waals surface area contributed by atoms with Crippen LogP contribution in [0, 0.1) is 5.82 Å². The molecule has 1 saturated heterocycles. The Balaban J connectivity index is 1.39. The van der Waals surface area contributed by atoms with Gasteiger partial charge >= 0.3 is 0 Å². The Morgan fingerprint density at radius 1 is 1.22 bits per heavy atom. The standard InChI is InChI=1S/C24H25Cl2FN6O3/c25-18-1-2-19(27)21(26)17(18)3-8-36-24-22(28)31-14-20(32-24)15-11-16(13-29-12-15)23(34)30-4-5-33-6-9-35-10-7-33/h1-2,11-14H,3-10H2,(H2,28,31)(H,30,34). The molecule has 1 aliphatic heterocycles. The predicted molar refractivity (Wildman–Crippen MR) is 135 cm³/mol. The Morgan fingerprint density at radius 2 is 2.03 bits per heavy atom. The zero-order chi connectivity index (χ0) is 25.5. The number of carbonyl (C=O) groups excluding carboxylic acids is 1. The Bertz CT molecular complexity index is 1230.